The Labute approximate surface area is 76.6 Å². The lowest BCUT2D eigenvalue weighted by atomic mass is 9.90. The van der Waals surface area contributed by atoms with Crippen LogP contribution in [0.3, 0.4) is 0 Å². The normalized spacial score (nSPS) is 9.90. The molecule has 0 heterocycles. The smallest absolute Gasteiger partial charge is 0.0858 e. The third-order valence-electron chi connectivity index (χ3n) is 1.77. The van der Waals surface area contributed by atoms with Gasteiger partial charge in [0.25, 0.3) is 0 Å². The fraction of sp³-hybridized carbons (Fsp3) is 0.250. The summed E-state index contributed by atoms with van der Waals surface area (Å²) in [6.07, 6.45) is 0. The fourth-order valence-electron chi connectivity index (χ4n) is 0.925. The molecule has 0 radical (unpaired) electrons. The molecule has 0 N–H and O–H groups in total. The minimum Gasteiger partial charge on any atom is -0.0858 e. The highest BCUT2D eigenvalue weighted by atomic mass is 127. The minimum atomic E-state index is 1.36. The summed E-state index contributed by atoms with van der Waals surface area (Å²) in [6.45, 7) is 4.30. The molecular formula is C8H10BI. The molecule has 0 aliphatic heterocycles. The molecule has 10 heavy (non-hydrogen) atoms. The Hall–Kier alpha value is 0.0149. The summed E-state index contributed by atoms with van der Waals surface area (Å²) in [6, 6.07) is 4.46. The Morgan fingerprint density at radius 2 is 1.80 bits per heavy atom. The van der Waals surface area contributed by atoms with E-state index in [1.807, 2.05) is 0 Å². The molecule has 0 spiro atoms. The van der Waals surface area contributed by atoms with Crippen molar-refractivity contribution in [2.45, 2.75) is 13.8 Å². The van der Waals surface area contributed by atoms with Crippen molar-refractivity contribution < 1.29 is 0 Å². The van der Waals surface area contributed by atoms with Gasteiger partial charge < -0.3 is 0 Å². The Morgan fingerprint density at radius 1 is 1.20 bits per heavy atom. The van der Waals surface area contributed by atoms with Gasteiger partial charge >= 0.3 is 0 Å². The van der Waals surface area contributed by atoms with E-state index in [0.29, 0.717) is 0 Å². The van der Waals surface area contributed by atoms with E-state index in [9.17, 15) is 0 Å². The Balaban J connectivity index is 3.28. The first-order chi connectivity index (χ1) is 4.61. The topological polar surface area (TPSA) is 0 Å². The zero-order chi connectivity index (χ0) is 7.72. The summed E-state index contributed by atoms with van der Waals surface area (Å²) < 4.78 is 1.36. The summed E-state index contributed by atoms with van der Waals surface area (Å²) in [5, 5.41) is 0. The summed E-state index contributed by atoms with van der Waals surface area (Å²) in [5.74, 6) is 0. The summed E-state index contributed by atoms with van der Waals surface area (Å²) in [4.78, 5) is 0. The van der Waals surface area contributed by atoms with Crippen molar-refractivity contribution in [1.29, 1.82) is 0 Å². The average Bonchev–Trinajstić information content (AvgIpc) is 1.84. The molecule has 0 aliphatic carbocycles. The molecule has 0 unspecified atom stereocenters. The van der Waals surface area contributed by atoms with E-state index in [4.69, 9.17) is 0 Å². The molecule has 0 atom stereocenters. The number of benzene rings is 1. The summed E-state index contributed by atoms with van der Waals surface area (Å²) in [7, 11) is 2.15. The molecule has 52 valence electrons. The van der Waals surface area contributed by atoms with E-state index in [-0.39, 0.29) is 0 Å². The van der Waals surface area contributed by atoms with Gasteiger partial charge in [0.1, 0.15) is 7.85 Å². The van der Waals surface area contributed by atoms with Crippen molar-refractivity contribution >= 4 is 35.9 Å². The van der Waals surface area contributed by atoms with E-state index < -0.39 is 0 Å². The van der Waals surface area contributed by atoms with Crippen LogP contribution in [0.4, 0.5) is 0 Å². The predicted octanol–water partition coefficient (Wildman–Crippen LogP) is 1.17. The molecule has 1 rings (SSSR count). The molecule has 0 fully saturated rings. The molecule has 1 aromatic rings. The van der Waals surface area contributed by atoms with Crippen molar-refractivity contribution in [2.24, 2.45) is 0 Å². The van der Waals surface area contributed by atoms with E-state index >= 15 is 0 Å². The van der Waals surface area contributed by atoms with E-state index in [1.165, 1.54) is 20.2 Å². The van der Waals surface area contributed by atoms with E-state index in [0.717, 1.165) is 0 Å². The van der Waals surface area contributed by atoms with Crippen LogP contribution in [0.1, 0.15) is 11.1 Å². The van der Waals surface area contributed by atoms with Crippen LogP contribution in [0, 0.1) is 17.4 Å². The Kier molecular flexibility index (Phi) is 2.39. The quantitative estimate of drug-likeness (QED) is 0.474. The zero-order valence-corrected chi connectivity index (χ0v) is 8.69. The second-order valence-electron chi connectivity index (χ2n) is 2.69. The Morgan fingerprint density at radius 3 is 2.30 bits per heavy atom. The van der Waals surface area contributed by atoms with Gasteiger partial charge in [-0.25, -0.2) is 0 Å². The maximum Gasteiger partial charge on any atom is 0.139 e. The van der Waals surface area contributed by atoms with Crippen LogP contribution in [0.5, 0.6) is 0 Å². The molecule has 0 bridgehead atoms. The van der Waals surface area contributed by atoms with Crippen LogP contribution in [0.25, 0.3) is 0 Å². The van der Waals surface area contributed by atoms with Gasteiger partial charge in [-0.1, -0.05) is 17.1 Å². The SMILES string of the molecule is Bc1cc(C)c(I)cc1C. The van der Waals surface area contributed by atoms with Gasteiger partial charge in [0, 0.05) is 3.57 Å². The van der Waals surface area contributed by atoms with E-state index in [1.54, 1.807) is 0 Å². The van der Waals surface area contributed by atoms with Crippen molar-refractivity contribution in [3.63, 3.8) is 0 Å². The van der Waals surface area contributed by atoms with Crippen molar-refractivity contribution in [3.05, 3.63) is 26.8 Å². The van der Waals surface area contributed by atoms with Crippen LogP contribution in [-0.4, -0.2) is 7.85 Å². The highest BCUT2D eigenvalue weighted by Gasteiger charge is 1.96. The van der Waals surface area contributed by atoms with Gasteiger partial charge in [-0.05, 0) is 48.1 Å². The number of hydrogen-bond acceptors (Lipinski definition) is 0. The standard InChI is InChI=1S/C8H10BI/c1-5-4-8(10)6(2)3-7(5)9/h3-4H,9H2,1-2H3. The first-order valence-corrected chi connectivity index (χ1v) is 4.42. The van der Waals surface area contributed by atoms with Gasteiger partial charge in [0.2, 0.25) is 0 Å². The monoisotopic (exact) mass is 244 g/mol. The van der Waals surface area contributed by atoms with Crippen LogP contribution >= 0.6 is 22.6 Å². The second kappa shape index (κ2) is 2.95. The largest absolute Gasteiger partial charge is 0.139 e. The molecule has 0 amide bonds. The summed E-state index contributed by atoms with van der Waals surface area (Å²) in [5.41, 5.74) is 4.15. The lowest BCUT2D eigenvalue weighted by molar-refractivity contribution is 1.39. The van der Waals surface area contributed by atoms with Gasteiger partial charge in [-0.15, -0.1) is 0 Å². The van der Waals surface area contributed by atoms with Gasteiger partial charge in [0.05, 0.1) is 0 Å². The van der Waals surface area contributed by atoms with Crippen LogP contribution in [0.2, 0.25) is 0 Å². The lowest BCUT2D eigenvalue weighted by Crippen LogP contribution is -2.07. The Bertz CT molecular complexity index is 205. The number of rotatable bonds is 0. The van der Waals surface area contributed by atoms with Crippen molar-refractivity contribution in [3.8, 4) is 0 Å². The highest BCUT2D eigenvalue weighted by molar-refractivity contribution is 14.1. The molecule has 0 aromatic heterocycles. The third-order valence-corrected chi connectivity index (χ3v) is 2.94. The zero-order valence-electron chi connectivity index (χ0n) is 6.53. The molecule has 0 saturated carbocycles. The first kappa shape index (κ1) is 8.11. The van der Waals surface area contributed by atoms with Crippen LogP contribution in [-0.2, 0) is 0 Å². The molecule has 1 aromatic carbocycles. The maximum absolute atomic E-state index is 2.37. The number of aryl methyl sites for hydroxylation is 2. The predicted molar refractivity (Wildman–Crippen MR) is 56.8 cm³/mol. The molecule has 2 heteroatoms. The molecular weight excluding hydrogens is 234 g/mol. The lowest BCUT2D eigenvalue weighted by Gasteiger charge is -2.03. The van der Waals surface area contributed by atoms with Crippen LogP contribution < -0.4 is 5.46 Å². The van der Waals surface area contributed by atoms with Crippen molar-refractivity contribution in [1.82, 2.24) is 0 Å². The fourth-order valence-corrected chi connectivity index (χ4v) is 1.55. The molecule has 0 saturated heterocycles. The van der Waals surface area contributed by atoms with Crippen molar-refractivity contribution in [2.75, 3.05) is 0 Å². The average molecular weight is 244 g/mol. The maximum atomic E-state index is 2.37. The van der Waals surface area contributed by atoms with Gasteiger partial charge in [-0.3, -0.25) is 0 Å². The van der Waals surface area contributed by atoms with E-state index in [2.05, 4.69) is 56.4 Å². The highest BCUT2D eigenvalue weighted by Crippen LogP contribution is 2.10. The number of halogens is 1. The molecule has 0 nitrogen and oxygen atoms in total. The van der Waals surface area contributed by atoms with Gasteiger partial charge in [-0.2, -0.15) is 0 Å². The summed E-state index contributed by atoms with van der Waals surface area (Å²) >= 11 is 2.37. The minimum absolute atomic E-state index is 1.36. The third kappa shape index (κ3) is 1.54. The van der Waals surface area contributed by atoms with Crippen LogP contribution in [0.15, 0.2) is 12.1 Å². The van der Waals surface area contributed by atoms with Gasteiger partial charge in [0.15, 0.2) is 0 Å². The molecule has 0 aliphatic rings. The second-order valence-corrected chi connectivity index (χ2v) is 3.85. The first-order valence-electron chi connectivity index (χ1n) is 3.34. The number of hydrogen-bond donors (Lipinski definition) is 0.